The van der Waals surface area contributed by atoms with Gasteiger partial charge in [0.05, 0.1) is 17.5 Å². The van der Waals surface area contributed by atoms with Crippen molar-refractivity contribution in [3.8, 4) is 11.5 Å². The minimum Gasteiger partial charge on any atom is -0.460 e. The highest BCUT2D eigenvalue weighted by Crippen LogP contribution is 2.33. The maximum absolute atomic E-state index is 12.1. The molecule has 0 unspecified atom stereocenters. The van der Waals surface area contributed by atoms with Gasteiger partial charge >= 0.3 is 5.97 Å². The smallest absolute Gasteiger partial charge is 0.379 e. The topological polar surface area (TPSA) is 52.6 Å². The molecule has 0 aliphatic carbocycles. The van der Waals surface area contributed by atoms with Crippen LogP contribution in [0.1, 0.15) is 28.4 Å². The fourth-order valence-corrected chi connectivity index (χ4v) is 5.57. The van der Waals surface area contributed by atoms with Crippen LogP contribution >= 0.6 is 0 Å². The number of esters is 1. The van der Waals surface area contributed by atoms with Gasteiger partial charge in [-0.1, -0.05) is 35.4 Å². The highest BCUT2D eigenvalue weighted by molar-refractivity contribution is 7.97. The Balaban J connectivity index is 1.54. The average molecular weight is 484 g/mol. The van der Waals surface area contributed by atoms with E-state index in [4.69, 9.17) is 9.47 Å². The number of benzene rings is 4. The fourth-order valence-electron chi connectivity index (χ4n) is 3.53. The van der Waals surface area contributed by atoms with Crippen LogP contribution in [0.25, 0.3) is 0 Å². The number of carbonyl (C=O) groups excluding carboxylic acids is 2. The Morgan fingerprint density at radius 2 is 1.03 bits per heavy atom. The molecule has 176 valence electrons. The van der Waals surface area contributed by atoms with Crippen LogP contribution in [-0.4, -0.2) is 18.4 Å². The molecule has 0 amide bonds. The molecule has 0 bridgehead atoms. The van der Waals surface area contributed by atoms with Crippen LogP contribution in [-0.2, 0) is 20.4 Å². The van der Waals surface area contributed by atoms with Crippen LogP contribution in [0.5, 0.6) is 11.5 Å². The Bertz CT molecular complexity index is 1250. The van der Waals surface area contributed by atoms with Gasteiger partial charge in [0.2, 0.25) is 0 Å². The largest absolute Gasteiger partial charge is 0.460 e. The molecule has 35 heavy (non-hydrogen) atoms. The number of carbonyl (C=O) groups is 2. The van der Waals surface area contributed by atoms with Gasteiger partial charge in [-0.05, 0) is 93.6 Å². The van der Waals surface area contributed by atoms with Crippen LogP contribution in [0.2, 0.25) is 0 Å². The summed E-state index contributed by atoms with van der Waals surface area (Å²) in [6.45, 7) is 6.02. The second kappa shape index (κ2) is 11.1. The van der Waals surface area contributed by atoms with Gasteiger partial charge in [0.1, 0.15) is 11.5 Å². The molecular weight excluding hydrogens is 456 g/mol. The second-order valence-corrected chi connectivity index (χ2v) is 10.1. The molecule has 0 atom stereocenters. The summed E-state index contributed by atoms with van der Waals surface area (Å²) >= 11 is 0. The first-order valence-electron chi connectivity index (χ1n) is 11.4. The van der Waals surface area contributed by atoms with Crippen LogP contribution in [0.3, 0.4) is 0 Å². The first kappa shape index (κ1) is 24.3. The van der Waals surface area contributed by atoms with Gasteiger partial charge in [-0.2, -0.15) is 0 Å². The molecule has 0 spiro atoms. The van der Waals surface area contributed by atoms with Gasteiger partial charge in [-0.3, -0.25) is 4.79 Å². The fraction of sp³-hybridized carbons (Fsp3) is 0.133. The van der Waals surface area contributed by atoms with E-state index < -0.39 is 11.8 Å². The number of ether oxygens (including phenoxy) is 2. The van der Waals surface area contributed by atoms with Crippen molar-refractivity contribution in [1.29, 1.82) is 0 Å². The molecule has 0 aromatic heterocycles. The Kier molecular flexibility index (Phi) is 7.68. The van der Waals surface area contributed by atoms with Crippen molar-refractivity contribution in [2.45, 2.75) is 35.5 Å². The van der Waals surface area contributed by atoms with Gasteiger partial charge in [-0.25, -0.2) is 4.79 Å². The second-order valence-electron chi connectivity index (χ2n) is 8.08. The highest BCUT2D eigenvalue weighted by Gasteiger charge is 2.28. The predicted octanol–water partition coefficient (Wildman–Crippen LogP) is 6.94. The zero-order chi connectivity index (χ0) is 24.8. The zero-order valence-electron chi connectivity index (χ0n) is 20.0. The molecule has 0 aliphatic rings. The summed E-state index contributed by atoms with van der Waals surface area (Å²) in [5.74, 6) is -0.250. The molecule has 0 heterocycles. The van der Waals surface area contributed by atoms with E-state index >= 15 is 0 Å². The summed E-state index contributed by atoms with van der Waals surface area (Å²) in [6.07, 6.45) is 0. The van der Waals surface area contributed by atoms with E-state index in [0.717, 1.165) is 0 Å². The highest BCUT2D eigenvalue weighted by atomic mass is 32.2. The third-order valence-corrected chi connectivity index (χ3v) is 7.62. The number of hydrogen-bond donors (Lipinski definition) is 0. The van der Waals surface area contributed by atoms with E-state index in [9.17, 15) is 9.59 Å². The summed E-state index contributed by atoms with van der Waals surface area (Å²) < 4.78 is 10.7. The minimum absolute atomic E-state index is 0.164. The Morgan fingerprint density at radius 1 is 0.629 bits per heavy atom. The van der Waals surface area contributed by atoms with E-state index in [2.05, 4.69) is 74.5 Å². The number of hydrogen-bond acceptors (Lipinski definition) is 4. The molecule has 4 aromatic rings. The molecule has 0 radical (unpaired) electrons. The molecule has 0 fully saturated rings. The third-order valence-electron chi connectivity index (χ3n) is 5.39. The summed E-state index contributed by atoms with van der Waals surface area (Å²) in [7, 11) is -0.238. The lowest BCUT2D eigenvalue weighted by Crippen LogP contribution is -2.17. The van der Waals surface area contributed by atoms with Crippen molar-refractivity contribution in [2.24, 2.45) is 0 Å². The predicted molar refractivity (Wildman–Crippen MR) is 138 cm³/mol. The van der Waals surface area contributed by atoms with Crippen LogP contribution < -0.4 is 4.74 Å². The summed E-state index contributed by atoms with van der Waals surface area (Å²) in [5, 5.41) is 0. The van der Waals surface area contributed by atoms with Gasteiger partial charge in [0, 0.05) is 5.56 Å². The van der Waals surface area contributed by atoms with E-state index in [1.54, 1.807) is 31.2 Å². The van der Waals surface area contributed by atoms with Gasteiger partial charge in [0.25, 0.3) is 5.78 Å². The number of aryl methyl sites for hydroxylation is 2. The normalized spacial score (nSPS) is 10.7. The van der Waals surface area contributed by atoms with Crippen molar-refractivity contribution in [3.05, 3.63) is 114 Å². The molecular formula is C30H27O4S+. The Hall–Kier alpha value is -3.83. The number of ketones is 1. The Morgan fingerprint density at radius 3 is 1.46 bits per heavy atom. The Labute approximate surface area is 208 Å². The lowest BCUT2D eigenvalue weighted by atomic mass is 10.1. The van der Waals surface area contributed by atoms with Crippen LogP contribution in [0, 0.1) is 13.8 Å². The molecule has 5 heteroatoms. The monoisotopic (exact) mass is 483 g/mol. The maximum Gasteiger partial charge on any atom is 0.379 e. The molecule has 4 aromatic carbocycles. The van der Waals surface area contributed by atoms with Crippen LogP contribution in [0.15, 0.2) is 112 Å². The molecule has 0 aliphatic heterocycles. The van der Waals surface area contributed by atoms with E-state index in [0.29, 0.717) is 11.5 Å². The van der Waals surface area contributed by atoms with E-state index in [1.165, 1.54) is 25.8 Å². The summed E-state index contributed by atoms with van der Waals surface area (Å²) in [5.41, 5.74) is 2.74. The van der Waals surface area contributed by atoms with E-state index in [-0.39, 0.29) is 23.1 Å². The zero-order valence-corrected chi connectivity index (χ0v) is 20.8. The standard InChI is InChI=1S/C30H27O4S/c1-4-33-30(32)29(31)23-9-11-24(12-10-23)34-25-13-19-28(20-14-25)35(26-15-5-21(2)6-16-26)27-17-7-22(3)8-18-27/h5-20H,4H2,1-3H3/q+1. The van der Waals surface area contributed by atoms with Crippen molar-refractivity contribution >= 4 is 22.6 Å². The molecule has 0 saturated carbocycles. The molecule has 0 N–H and O–H groups in total. The minimum atomic E-state index is -0.853. The summed E-state index contributed by atoms with van der Waals surface area (Å²) in [4.78, 5) is 27.4. The van der Waals surface area contributed by atoms with Crippen molar-refractivity contribution < 1.29 is 19.1 Å². The van der Waals surface area contributed by atoms with Gasteiger partial charge in [0.15, 0.2) is 14.7 Å². The maximum atomic E-state index is 12.1. The van der Waals surface area contributed by atoms with Crippen molar-refractivity contribution in [1.82, 2.24) is 0 Å². The van der Waals surface area contributed by atoms with Crippen molar-refractivity contribution in [3.63, 3.8) is 0 Å². The quantitative estimate of drug-likeness (QED) is 0.118. The van der Waals surface area contributed by atoms with Gasteiger partial charge < -0.3 is 9.47 Å². The first-order chi connectivity index (χ1) is 16.9. The third kappa shape index (κ3) is 6.00. The molecule has 4 rings (SSSR count). The number of Topliss-reactive ketones (excluding diaryl/α,β-unsaturated/α-hetero) is 1. The van der Waals surface area contributed by atoms with E-state index in [1.807, 2.05) is 12.1 Å². The molecule has 0 saturated heterocycles. The SMILES string of the molecule is CCOC(=O)C(=O)c1ccc(Oc2ccc([S+](c3ccc(C)cc3)c3ccc(C)cc3)cc2)cc1. The van der Waals surface area contributed by atoms with Gasteiger partial charge in [-0.15, -0.1) is 0 Å². The number of rotatable bonds is 8. The lowest BCUT2D eigenvalue weighted by molar-refractivity contribution is -0.137. The molecule has 4 nitrogen and oxygen atoms in total. The lowest BCUT2D eigenvalue weighted by Gasteiger charge is -2.10. The van der Waals surface area contributed by atoms with Crippen molar-refractivity contribution in [2.75, 3.05) is 6.61 Å². The average Bonchev–Trinajstić information content (AvgIpc) is 2.87. The van der Waals surface area contributed by atoms with Crippen LogP contribution in [0.4, 0.5) is 0 Å². The summed E-state index contributed by atoms with van der Waals surface area (Å²) in [6, 6.07) is 32.0. The first-order valence-corrected chi connectivity index (χ1v) is 12.6.